The molecule has 3 rings (SSSR count). The number of nitrogens with one attached hydrogen (secondary N) is 1. The maximum absolute atomic E-state index is 12.8. The van der Waals surface area contributed by atoms with Crippen LogP contribution in [0.15, 0.2) is 23.4 Å². The molecule has 0 unspecified atom stereocenters. The number of carbonyl (C=O) groups is 2. The van der Waals surface area contributed by atoms with E-state index in [0.29, 0.717) is 47.4 Å². The molecule has 8 heteroatoms. The average Bonchev–Trinajstić information content (AvgIpc) is 3.11. The minimum Gasteiger partial charge on any atom is -0.382 e. The number of rotatable bonds is 4. The molecule has 0 spiro atoms. The van der Waals surface area contributed by atoms with Crippen molar-refractivity contribution in [3.8, 4) is 0 Å². The van der Waals surface area contributed by atoms with E-state index in [1.807, 2.05) is 6.92 Å². The number of hydrogen-bond donors (Lipinski definition) is 1. The highest BCUT2D eigenvalue weighted by atomic mass is 35.5. The van der Waals surface area contributed by atoms with Gasteiger partial charge in [-0.15, -0.1) is 0 Å². The van der Waals surface area contributed by atoms with Gasteiger partial charge in [-0.1, -0.05) is 34.4 Å². The molecule has 1 N–H and O–H groups in total. The molecule has 1 aromatic rings. The number of hydrogen-bond acceptors (Lipinski definition) is 4. The summed E-state index contributed by atoms with van der Waals surface area (Å²) in [5.41, 5.74) is 1.34. The van der Waals surface area contributed by atoms with Crippen LogP contribution in [0.25, 0.3) is 0 Å². The molecule has 2 atom stereocenters. The number of piperidine rings is 1. The summed E-state index contributed by atoms with van der Waals surface area (Å²) < 4.78 is 0. The molecule has 26 heavy (non-hydrogen) atoms. The van der Waals surface area contributed by atoms with E-state index >= 15 is 0 Å². The number of benzene rings is 1. The van der Waals surface area contributed by atoms with Crippen LogP contribution in [0.4, 0.5) is 0 Å². The molecule has 2 aliphatic rings. The van der Waals surface area contributed by atoms with Gasteiger partial charge in [0.2, 0.25) is 12.0 Å². The number of amides is 2. The summed E-state index contributed by atoms with van der Waals surface area (Å²) >= 11 is 12.1. The Morgan fingerprint density at radius 3 is 2.92 bits per heavy atom. The average molecular weight is 398 g/mol. The Bertz CT molecular complexity index is 738. The van der Waals surface area contributed by atoms with Gasteiger partial charge in [0.25, 0.3) is 5.91 Å². The summed E-state index contributed by atoms with van der Waals surface area (Å²) in [5.74, 6) is -0.301. The van der Waals surface area contributed by atoms with Gasteiger partial charge in [-0.2, -0.15) is 0 Å². The topological polar surface area (TPSA) is 71.0 Å². The predicted molar refractivity (Wildman–Crippen MR) is 100 cm³/mol. The third-order valence-corrected chi connectivity index (χ3v) is 5.19. The van der Waals surface area contributed by atoms with E-state index in [1.54, 1.807) is 23.1 Å². The SMILES string of the molecule is CCNC(=O)[C@@H]1CCCN(C(=O)[C@@H]2CC(c3ccc(Cl)cc3Cl)=NO2)C1. The maximum atomic E-state index is 12.8. The maximum Gasteiger partial charge on any atom is 0.266 e. The molecule has 2 amide bonds. The number of halogens is 2. The summed E-state index contributed by atoms with van der Waals surface area (Å²) in [7, 11) is 0. The lowest BCUT2D eigenvalue weighted by molar-refractivity contribution is -0.145. The van der Waals surface area contributed by atoms with Crippen LogP contribution in [-0.4, -0.2) is 48.2 Å². The Morgan fingerprint density at radius 1 is 1.38 bits per heavy atom. The van der Waals surface area contributed by atoms with Crippen LogP contribution in [-0.2, 0) is 14.4 Å². The predicted octanol–water partition coefficient (Wildman–Crippen LogP) is 2.86. The highest BCUT2D eigenvalue weighted by Crippen LogP contribution is 2.27. The van der Waals surface area contributed by atoms with Crippen LogP contribution >= 0.6 is 23.2 Å². The second kappa shape index (κ2) is 8.27. The normalized spacial score (nSPS) is 22.6. The molecule has 2 aliphatic heterocycles. The number of oxime groups is 1. The van der Waals surface area contributed by atoms with E-state index in [-0.39, 0.29) is 17.7 Å². The molecule has 0 saturated carbocycles. The van der Waals surface area contributed by atoms with E-state index < -0.39 is 6.10 Å². The van der Waals surface area contributed by atoms with Crippen molar-refractivity contribution < 1.29 is 14.4 Å². The molecule has 0 aromatic heterocycles. The summed E-state index contributed by atoms with van der Waals surface area (Å²) in [4.78, 5) is 31.9. The number of nitrogens with zero attached hydrogens (tertiary/aromatic N) is 2. The zero-order valence-corrected chi connectivity index (χ0v) is 16.0. The third-order valence-electron chi connectivity index (χ3n) is 4.64. The van der Waals surface area contributed by atoms with Gasteiger partial charge in [0.1, 0.15) is 0 Å². The first-order valence-electron chi connectivity index (χ1n) is 8.74. The fraction of sp³-hybridized carbons (Fsp3) is 0.500. The smallest absolute Gasteiger partial charge is 0.266 e. The van der Waals surface area contributed by atoms with E-state index in [2.05, 4.69) is 10.5 Å². The number of likely N-dealkylation sites (tertiary alicyclic amines) is 1. The quantitative estimate of drug-likeness (QED) is 0.848. The Balaban J connectivity index is 1.62. The summed E-state index contributed by atoms with van der Waals surface area (Å²) in [6.07, 6.45) is 1.27. The molecule has 0 bridgehead atoms. The second-order valence-electron chi connectivity index (χ2n) is 6.48. The highest BCUT2D eigenvalue weighted by Gasteiger charge is 2.36. The number of carbonyl (C=O) groups excluding carboxylic acids is 2. The van der Waals surface area contributed by atoms with E-state index in [1.165, 1.54) is 0 Å². The largest absolute Gasteiger partial charge is 0.382 e. The summed E-state index contributed by atoms with van der Waals surface area (Å²) in [5, 5.41) is 7.88. The van der Waals surface area contributed by atoms with Crippen molar-refractivity contribution >= 4 is 40.7 Å². The van der Waals surface area contributed by atoms with Crippen LogP contribution in [0.1, 0.15) is 31.7 Å². The molecule has 1 fully saturated rings. The summed E-state index contributed by atoms with van der Waals surface area (Å²) in [6.45, 7) is 3.53. The van der Waals surface area contributed by atoms with Crippen molar-refractivity contribution in [3.63, 3.8) is 0 Å². The minimum absolute atomic E-state index is 0.00206. The van der Waals surface area contributed by atoms with Gasteiger partial charge in [0.05, 0.1) is 16.7 Å². The Kier molecular flexibility index (Phi) is 6.04. The van der Waals surface area contributed by atoms with Crippen LogP contribution in [0, 0.1) is 5.92 Å². The fourth-order valence-electron chi connectivity index (χ4n) is 3.31. The molecule has 0 aliphatic carbocycles. The third kappa shape index (κ3) is 4.13. The lowest BCUT2D eigenvalue weighted by atomic mass is 9.96. The zero-order chi connectivity index (χ0) is 18.7. The lowest BCUT2D eigenvalue weighted by Crippen LogP contribution is -2.48. The van der Waals surface area contributed by atoms with Gasteiger partial charge in [-0.3, -0.25) is 9.59 Å². The molecule has 1 saturated heterocycles. The van der Waals surface area contributed by atoms with Crippen molar-refractivity contribution in [2.24, 2.45) is 11.1 Å². The van der Waals surface area contributed by atoms with Gasteiger partial charge in [-0.25, -0.2) is 0 Å². The zero-order valence-electron chi connectivity index (χ0n) is 14.5. The van der Waals surface area contributed by atoms with Gasteiger partial charge >= 0.3 is 0 Å². The Labute approximate surface area is 162 Å². The Hall–Kier alpha value is -1.79. The minimum atomic E-state index is -0.676. The van der Waals surface area contributed by atoms with Crippen molar-refractivity contribution in [1.29, 1.82) is 0 Å². The molecular weight excluding hydrogens is 377 g/mol. The highest BCUT2D eigenvalue weighted by molar-refractivity contribution is 6.37. The van der Waals surface area contributed by atoms with Crippen molar-refractivity contribution in [2.75, 3.05) is 19.6 Å². The van der Waals surface area contributed by atoms with Gasteiger partial charge < -0.3 is 15.1 Å². The first-order valence-corrected chi connectivity index (χ1v) is 9.49. The molecule has 1 aromatic carbocycles. The van der Waals surface area contributed by atoms with Crippen LogP contribution < -0.4 is 5.32 Å². The van der Waals surface area contributed by atoms with Crippen molar-refractivity contribution in [1.82, 2.24) is 10.2 Å². The molecule has 6 nitrogen and oxygen atoms in total. The summed E-state index contributed by atoms with van der Waals surface area (Å²) in [6, 6.07) is 5.13. The van der Waals surface area contributed by atoms with Crippen LogP contribution in [0.2, 0.25) is 10.0 Å². The van der Waals surface area contributed by atoms with E-state index in [9.17, 15) is 9.59 Å². The van der Waals surface area contributed by atoms with E-state index in [0.717, 1.165) is 12.8 Å². The fourth-order valence-corrected chi connectivity index (χ4v) is 3.82. The molecule has 140 valence electrons. The van der Waals surface area contributed by atoms with Gasteiger partial charge in [0, 0.05) is 36.6 Å². The van der Waals surface area contributed by atoms with Crippen LogP contribution in [0.3, 0.4) is 0 Å². The monoisotopic (exact) mass is 397 g/mol. The standard InChI is InChI=1S/C18H21Cl2N3O3/c1-2-21-17(24)11-4-3-7-23(10-11)18(25)16-9-15(22-26-16)13-6-5-12(19)8-14(13)20/h5-6,8,11,16H,2-4,7,9-10H2,1H3,(H,21,24)/t11-,16+/m1/s1. The van der Waals surface area contributed by atoms with E-state index in [4.69, 9.17) is 28.0 Å². The molecular formula is C18H21Cl2N3O3. The second-order valence-corrected chi connectivity index (χ2v) is 7.32. The van der Waals surface area contributed by atoms with Gasteiger partial charge in [-0.05, 0) is 31.9 Å². The molecule has 0 radical (unpaired) electrons. The van der Waals surface area contributed by atoms with Crippen molar-refractivity contribution in [2.45, 2.75) is 32.3 Å². The molecule has 2 heterocycles. The Morgan fingerprint density at radius 2 is 2.19 bits per heavy atom. The van der Waals surface area contributed by atoms with Crippen molar-refractivity contribution in [3.05, 3.63) is 33.8 Å². The van der Waals surface area contributed by atoms with Crippen LogP contribution in [0.5, 0.6) is 0 Å². The first kappa shape index (κ1) is 19.0. The lowest BCUT2D eigenvalue weighted by Gasteiger charge is -2.33. The first-order chi connectivity index (χ1) is 12.5. The van der Waals surface area contributed by atoms with Gasteiger partial charge in [0.15, 0.2) is 0 Å².